The number of anilines is 1. The maximum absolute atomic E-state index is 12.0. The van der Waals surface area contributed by atoms with E-state index in [2.05, 4.69) is 5.32 Å². The van der Waals surface area contributed by atoms with Crippen molar-refractivity contribution in [3.05, 3.63) is 23.8 Å². The van der Waals surface area contributed by atoms with Crippen LogP contribution in [0.15, 0.2) is 18.2 Å². The number of ether oxygens (including phenoxy) is 2. The topological polar surface area (TPSA) is 84.9 Å². The first-order valence-corrected chi connectivity index (χ1v) is 7.41. The van der Waals surface area contributed by atoms with Gasteiger partial charge in [0.1, 0.15) is 5.75 Å². The minimum atomic E-state index is -1.03. The van der Waals surface area contributed by atoms with Crippen LogP contribution in [0.2, 0.25) is 0 Å². The number of amides is 1. The van der Waals surface area contributed by atoms with Crippen LogP contribution in [0.3, 0.4) is 0 Å². The van der Waals surface area contributed by atoms with Gasteiger partial charge in [0, 0.05) is 12.3 Å². The van der Waals surface area contributed by atoms with E-state index in [1.807, 2.05) is 6.92 Å². The number of benzene rings is 1. The van der Waals surface area contributed by atoms with Gasteiger partial charge < -0.3 is 19.9 Å². The minimum absolute atomic E-state index is 0.00669. The molecular formula is C16H21NO5. The van der Waals surface area contributed by atoms with Crippen molar-refractivity contribution in [2.45, 2.75) is 38.7 Å². The molecule has 1 atom stereocenters. The Hall–Kier alpha value is -2.08. The molecule has 1 aliphatic heterocycles. The third-order valence-electron chi connectivity index (χ3n) is 3.52. The molecule has 0 aromatic heterocycles. The summed E-state index contributed by atoms with van der Waals surface area (Å²) in [5.41, 5.74) is 1.52. The first-order chi connectivity index (χ1) is 10.5. The van der Waals surface area contributed by atoms with Crippen LogP contribution >= 0.6 is 0 Å². The Balaban J connectivity index is 1.88. The fourth-order valence-corrected chi connectivity index (χ4v) is 2.39. The van der Waals surface area contributed by atoms with E-state index in [0.717, 1.165) is 31.4 Å². The second-order valence-electron chi connectivity index (χ2n) is 5.40. The molecule has 0 unspecified atom stereocenters. The third kappa shape index (κ3) is 5.04. The normalized spacial score (nSPS) is 17.8. The molecule has 1 aromatic rings. The summed E-state index contributed by atoms with van der Waals surface area (Å²) >= 11 is 0. The van der Waals surface area contributed by atoms with Gasteiger partial charge in [0.05, 0.1) is 12.5 Å². The van der Waals surface area contributed by atoms with E-state index < -0.39 is 5.97 Å². The summed E-state index contributed by atoms with van der Waals surface area (Å²) in [5.74, 6) is -0.634. The molecule has 2 N–H and O–H groups in total. The molecule has 0 saturated carbocycles. The van der Waals surface area contributed by atoms with E-state index in [9.17, 15) is 9.59 Å². The Morgan fingerprint density at radius 3 is 2.86 bits per heavy atom. The second-order valence-corrected chi connectivity index (χ2v) is 5.40. The van der Waals surface area contributed by atoms with Crippen LogP contribution in [0.25, 0.3) is 0 Å². The van der Waals surface area contributed by atoms with Crippen molar-refractivity contribution in [2.75, 3.05) is 18.5 Å². The lowest BCUT2D eigenvalue weighted by Gasteiger charge is -2.22. The van der Waals surface area contributed by atoms with Crippen molar-refractivity contribution in [1.29, 1.82) is 0 Å². The van der Waals surface area contributed by atoms with Gasteiger partial charge in [-0.3, -0.25) is 4.79 Å². The molecule has 1 saturated heterocycles. The van der Waals surface area contributed by atoms with E-state index in [0.29, 0.717) is 17.9 Å². The third-order valence-corrected chi connectivity index (χ3v) is 3.52. The summed E-state index contributed by atoms with van der Waals surface area (Å²) < 4.78 is 10.7. The van der Waals surface area contributed by atoms with Crippen molar-refractivity contribution in [3.8, 4) is 5.75 Å². The monoisotopic (exact) mass is 307 g/mol. The molecule has 6 heteroatoms. The fourth-order valence-electron chi connectivity index (χ4n) is 2.39. The molecule has 2 rings (SSSR count). The zero-order chi connectivity index (χ0) is 15.9. The Morgan fingerprint density at radius 1 is 1.41 bits per heavy atom. The highest BCUT2D eigenvalue weighted by molar-refractivity contribution is 5.91. The Labute approximate surface area is 129 Å². The number of carbonyl (C=O) groups excluding carboxylic acids is 1. The van der Waals surface area contributed by atoms with Crippen LogP contribution in [-0.4, -0.2) is 36.3 Å². The second kappa shape index (κ2) is 7.79. The minimum Gasteiger partial charge on any atom is -0.482 e. The molecular weight excluding hydrogens is 286 g/mol. The maximum atomic E-state index is 12.0. The molecule has 22 heavy (non-hydrogen) atoms. The number of hydrogen-bond donors (Lipinski definition) is 2. The van der Waals surface area contributed by atoms with Crippen LogP contribution in [-0.2, 0) is 14.3 Å². The molecule has 120 valence electrons. The molecule has 0 radical (unpaired) electrons. The van der Waals surface area contributed by atoms with Crippen LogP contribution in [0.1, 0.15) is 31.2 Å². The Kier molecular flexibility index (Phi) is 5.77. The van der Waals surface area contributed by atoms with Crippen LogP contribution in [0.4, 0.5) is 5.69 Å². The predicted molar refractivity (Wildman–Crippen MR) is 81.1 cm³/mol. The zero-order valence-corrected chi connectivity index (χ0v) is 12.6. The average Bonchev–Trinajstić information content (AvgIpc) is 2.48. The highest BCUT2D eigenvalue weighted by Crippen LogP contribution is 2.22. The molecule has 1 amide bonds. The number of carbonyl (C=O) groups is 2. The van der Waals surface area contributed by atoms with Crippen molar-refractivity contribution < 1.29 is 24.2 Å². The lowest BCUT2D eigenvalue weighted by molar-refractivity contribution is -0.139. The Bertz CT molecular complexity index is 537. The summed E-state index contributed by atoms with van der Waals surface area (Å²) in [6.45, 7) is 2.18. The lowest BCUT2D eigenvalue weighted by atomic mass is 10.1. The molecule has 1 aliphatic rings. The molecule has 1 heterocycles. The molecule has 6 nitrogen and oxygen atoms in total. The van der Waals surface area contributed by atoms with Gasteiger partial charge in [-0.05, 0) is 49.9 Å². The van der Waals surface area contributed by atoms with Gasteiger partial charge in [-0.25, -0.2) is 4.79 Å². The summed E-state index contributed by atoms with van der Waals surface area (Å²) in [5, 5.41) is 11.4. The molecule has 1 fully saturated rings. The number of nitrogens with one attached hydrogen (secondary N) is 1. The van der Waals surface area contributed by atoms with Gasteiger partial charge >= 0.3 is 5.97 Å². The fraction of sp³-hybridized carbons (Fsp3) is 0.500. The highest BCUT2D eigenvalue weighted by Gasteiger charge is 2.18. The van der Waals surface area contributed by atoms with E-state index in [4.69, 9.17) is 14.6 Å². The van der Waals surface area contributed by atoms with Crippen molar-refractivity contribution in [1.82, 2.24) is 0 Å². The highest BCUT2D eigenvalue weighted by atomic mass is 16.5. The quantitative estimate of drug-likeness (QED) is 0.842. The first kappa shape index (κ1) is 16.3. The largest absolute Gasteiger partial charge is 0.482 e. The molecule has 0 spiro atoms. The van der Waals surface area contributed by atoms with Gasteiger partial charge in [-0.2, -0.15) is 0 Å². The van der Waals surface area contributed by atoms with Gasteiger partial charge in [0.25, 0.3) is 0 Å². The van der Waals surface area contributed by atoms with Crippen LogP contribution in [0, 0.1) is 6.92 Å². The average molecular weight is 307 g/mol. The standard InChI is InChI=1S/C16H21NO5/c1-11-8-13(22-10-16(19)20)5-6-14(11)17-15(18)9-12-4-2-3-7-21-12/h5-6,8,12H,2-4,7,9-10H2,1H3,(H,17,18)(H,19,20)/t12-/m1/s1. The van der Waals surface area contributed by atoms with E-state index in [1.54, 1.807) is 18.2 Å². The van der Waals surface area contributed by atoms with Gasteiger partial charge in [-0.15, -0.1) is 0 Å². The first-order valence-electron chi connectivity index (χ1n) is 7.41. The summed E-state index contributed by atoms with van der Waals surface area (Å²) in [6, 6.07) is 5.06. The molecule has 0 aliphatic carbocycles. The van der Waals surface area contributed by atoms with Crippen molar-refractivity contribution in [2.24, 2.45) is 0 Å². The number of hydrogen-bond acceptors (Lipinski definition) is 4. The summed E-state index contributed by atoms with van der Waals surface area (Å²) in [7, 11) is 0. The summed E-state index contributed by atoms with van der Waals surface area (Å²) in [6.07, 6.45) is 3.46. The van der Waals surface area contributed by atoms with E-state index in [1.165, 1.54) is 0 Å². The predicted octanol–water partition coefficient (Wildman–Crippen LogP) is 2.36. The van der Waals surface area contributed by atoms with Gasteiger partial charge in [-0.1, -0.05) is 0 Å². The SMILES string of the molecule is Cc1cc(OCC(=O)O)ccc1NC(=O)C[C@H]1CCCCO1. The number of carboxylic acid groups (broad SMARTS) is 1. The van der Waals surface area contributed by atoms with E-state index >= 15 is 0 Å². The van der Waals surface area contributed by atoms with Crippen LogP contribution in [0.5, 0.6) is 5.75 Å². The number of aliphatic carboxylic acids is 1. The Morgan fingerprint density at radius 2 is 2.23 bits per heavy atom. The van der Waals surface area contributed by atoms with Crippen LogP contribution < -0.4 is 10.1 Å². The zero-order valence-electron chi connectivity index (χ0n) is 12.6. The smallest absolute Gasteiger partial charge is 0.341 e. The molecule has 0 bridgehead atoms. The lowest BCUT2D eigenvalue weighted by Crippen LogP contribution is -2.25. The summed E-state index contributed by atoms with van der Waals surface area (Å²) in [4.78, 5) is 22.5. The number of aryl methyl sites for hydroxylation is 1. The van der Waals surface area contributed by atoms with Gasteiger partial charge in [0.2, 0.25) is 5.91 Å². The van der Waals surface area contributed by atoms with Crippen molar-refractivity contribution in [3.63, 3.8) is 0 Å². The number of carboxylic acids is 1. The number of rotatable bonds is 6. The molecule has 1 aromatic carbocycles. The van der Waals surface area contributed by atoms with E-state index in [-0.39, 0.29) is 18.6 Å². The van der Waals surface area contributed by atoms with Gasteiger partial charge in [0.15, 0.2) is 6.61 Å². The maximum Gasteiger partial charge on any atom is 0.341 e. The van der Waals surface area contributed by atoms with Crippen molar-refractivity contribution >= 4 is 17.6 Å².